The minimum absolute atomic E-state index is 0.209. The van der Waals surface area contributed by atoms with E-state index < -0.39 is 5.97 Å². The molecule has 0 aliphatic rings. The highest BCUT2D eigenvalue weighted by molar-refractivity contribution is 6.32. The number of carboxylic acids is 1. The summed E-state index contributed by atoms with van der Waals surface area (Å²) < 4.78 is 0. The molecule has 0 aromatic heterocycles. The molecule has 0 radical (unpaired) electrons. The molecule has 4 heteroatoms. The molecule has 0 bridgehead atoms. The Hall–Kier alpha value is -1.53. The minimum atomic E-state index is -0.985. The Labute approximate surface area is 92.9 Å². The van der Waals surface area contributed by atoms with Crippen molar-refractivity contribution in [2.24, 2.45) is 0 Å². The molecule has 0 aliphatic carbocycles. The molecule has 0 spiro atoms. The lowest BCUT2D eigenvalue weighted by molar-refractivity contribution is 0.0696. The van der Waals surface area contributed by atoms with E-state index in [0.29, 0.717) is 23.4 Å². The number of hydrogen-bond donors (Lipinski definition) is 1. The van der Waals surface area contributed by atoms with Gasteiger partial charge in [-0.15, -0.1) is 0 Å². The van der Waals surface area contributed by atoms with Crippen LogP contribution in [0.5, 0.6) is 0 Å². The normalized spacial score (nSPS) is 9.67. The van der Waals surface area contributed by atoms with E-state index in [-0.39, 0.29) is 5.56 Å². The summed E-state index contributed by atoms with van der Waals surface area (Å²) in [5, 5.41) is 17.7. The molecule has 1 aromatic rings. The molecule has 0 saturated carbocycles. The number of benzene rings is 1. The maximum absolute atomic E-state index is 10.8. The Morgan fingerprint density at radius 3 is 2.80 bits per heavy atom. The van der Waals surface area contributed by atoms with Gasteiger partial charge >= 0.3 is 5.97 Å². The fraction of sp³-hybridized carbons (Fsp3) is 0.273. The number of halogens is 1. The van der Waals surface area contributed by atoms with E-state index in [9.17, 15) is 4.79 Å². The molecule has 1 aromatic carbocycles. The zero-order valence-electron chi connectivity index (χ0n) is 8.25. The third-order valence-corrected chi connectivity index (χ3v) is 2.73. The van der Waals surface area contributed by atoms with Gasteiger partial charge < -0.3 is 5.11 Å². The molecule has 78 valence electrons. The predicted octanol–water partition coefficient (Wildman–Crippen LogP) is 2.80. The highest BCUT2D eigenvalue weighted by Gasteiger charge is 2.12. The van der Waals surface area contributed by atoms with Crippen LogP contribution in [0, 0.1) is 18.3 Å². The second kappa shape index (κ2) is 4.81. The Bertz CT molecular complexity index is 435. The zero-order valence-corrected chi connectivity index (χ0v) is 9.01. The van der Waals surface area contributed by atoms with Gasteiger partial charge in [-0.1, -0.05) is 17.7 Å². The summed E-state index contributed by atoms with van der Waals surface area (Å²) in [6.45, 7) is 1.67. The molecule has 0 unspecified atom stereocenters. The number of aromatic carboxylic acids is 1. The molecule has 15 heavy (non-hydrogen) atoms. The van der Waals surface area contributed by atoms with Crippen LogP contribution in [0.2, 0.25) is 5.02 Å². The Balaban J connectivity index is 3.11. The summed E-state index contributed by atoms with van der Waals surface area (Å²) in [6.07, 6.45) is 0.932. The van der Waals surface area contributed by atoms with E-state index in [4.69, 9.17) is 22.0 Å². The first-order valence-electron chi connectivity index (χ1n) is 4.46. The molecular formula is C11H10ClNO2. The quantitative estimate of drug-likeness (QED) is 0.857. The van der Waals surface area contributed by atoms with Gasteiger partial charge in [-0.05, 0) is 30.5 Å². The average molecular weight is 224 g/mol. The van der Waals surface area contributed by atoms with E-state index in [1.807, 2.05) is 6.07 Å². The topological polar surface area (TPSA) is 61.1 Å². The molecule has 1 rings (SSSR count). The molecule has 0 fully saturated rings. The predicted molar refractivity (Wildman–Crippen MR) is 57.1 cm³/mol. The first-order chi connectivity index (χ1) is 7.07. The van der Waals surface area contributed by atoms with Crippen molar-refractivity contribution in [3.63, 3.8) is 0 Å². The number of nitrogens with zero attached hydrogens (tertiary/aromatic N) is 1. The lowest BCUT2D eigenvalue weighted by Gasteiger charge is -2.07. The molecule has 3 nitrogen and oxygen atoms in total. The molecule has 1 N–H and O–H groups in total. The first kappa shape index (κ1) is 11.5. The first-order valence-corrected chi connectivity index (χ1v) is 4.84. The number of nitriles is 1. The molecule has 0 aliphatic heterocycles. The van der Waals surface area contributed by atoms with Crippen molar-refractivity contribution < 1.29 is 9.90 Å². The second-order valence-corrected chi connectivity index (χ2v) is 3.55. The van der Waals surface area contributed by atoms with Gasteiger partial charge in [0.1, 0.15) is 0 Å². The minimum Gasteiger partial charge on any atom is -0.478 e. The van der Waals surface area contributed by atoms with Gasteiger partial charge in [0.05, 0.1) is 11.6 Å². The highest BCUT2D eigenvalue weighted by atomic mass is 35.5. The smallest absolute Gasteiger partial charge is 0.336 e. The summed E-state index contributed by atoms with van der Waals surface area (Å²) in [5.41, 5.74) is 1.58. The van der Waals surface area contributed by atoms with E-state index in [0.717, 1.165) is 5.56 Å². The number of carboxylic acid groups (broad SMARTS) is 1. The molecule has 0 atom stereocenters. The van der Waals surface area contributed by atoms with Gasteiger partial charge in [0.25, 0.3) is 0 Å². The van der Waals surface area contributed by atoms with Crippen molar-refractivity contribution >= 4 is 17.6 Å². The van der Waals surface area contributed by atoms with Gasteiger partial charge in [-0.25, -0.2) is 4.79 Å². The van der Waals surface area contributed by atoms with Gasteiger partial charge in [0.2, 0.25) is 0 Å². The Morgan fingerprint density at radius 2 is 2.27 bits per heavy atom. The van der Waals surface area contributed by atoms with Gasteiger partial charge in [0, 0.05) is 11.4 Å². The summed E-state index contributed by atoms with van der Waals surface area (Å²) in [7, 11) is 0. The third kappa shape index (κ3) is 2.48. The van der Waals surface area contributed by atoms with Gasteiger partial charge in [-0.2, -0.15) is 5.26 Å². The van der Waals surface area contributed by atoms with Crippen molar-refractivity contribution in [3.05, 3.63) is 33.8 Å². The summed E-state index contributed by atoms with van der Waals surface area (Å²) >= 11 is 6.01. The van der Waals surface area contributed by atoms with Gasteiger partial charge in [-0.3, -0.25) is 0 Å². The molecule has 0 amide bonds. The summed E-state index contributed by atoms with van der Waals surface area (Å²) in [6, 6.07) is 5.21. The number of aryl methyl sites for hydroxylation is 1. The van der Waals surface area contributed by atoms with Crippen LogP contribution in [-0.2, 0) is 6.42 Å². The van der Waals surface area contributed by atoms with Crippen molar-refractivity contribution in [2.75, 3.05) is 0 Å². The number of rotatable bonds is 3. The molecular weight excluding hydrogens is 214 g/mol. The monoisotopic (exact) mass is 223 g/mol. The highest BCUT2D eigenvalue weighted by Crippen LogP contribution is 2.25. The van der Waals surface area contributed by atoms with E-state index in [2.05, 4.69) is 0 Å². The van der Waals surface area contributed by atoms with E-state index >= 15 is 0 Å². The van der Waals surface area contributed by atoms with Crippen LogP contribution >= 0.6 is 11.6 Å². The van der Waals surface area contributed by atoms with E-state index in [1.54, 1.807) is 13.0 Å². The fourth-order valence-electron chi connectivity index (χ4n) is 1.36. The van der Waals surface area contributed by atoms with Gasteiger partial charge in [0.15, 0.2) is 0 Å². The van der Waals surface area contributed by atoms with Crippen molar-refractivity contribution in [1.29, 1.82) is 5.26 Å². The molecule has 0 saturated heterocycles. The number of hydrogen-bond acceptors (Lipinski definition) is 2. The lowest BCUT2D eigenvalue weighted by atomic mass is 10.0. The Morgan fingerprint density at radius 1 is 1.60 bits per heavy atom. The zero-order chi connectivity index (χ0) is 11.4. The van der Waals surface area contributed by atoms with E-state index in [1.165, 1.54) is 6.07 Å². The summed E-state index contributed by atoms with van der Waals surface area (Å²) in [4.78, 5) is 10.8. The SMILES string of the molecule is Cc1c(C(=O)O)ccc(CCC#N)c1Cl. The van der Waals surface area contributed by atoms with Crippen LogP contribution in [0.25, 0.3) is 0 Å². The van der Waals surface area contributed by atoms with Crippen LogP contribution in [-0.4, -0.2) is 11.1 Å². The maximum Gasteiger partial charge on any atom is 0.336 e. The number of carbonyl (C=O) groups is 1. The lowest BCUT2D eigenvalue weighted by Crippen LogP contribution is -2.01. The van der Waals surface area contributed by atoms with Crippen LogP contribution < -0.4 is 0 Å². The Kier molecular flexibility index (Phi) is 3.70. The van der Waals surface area contributed by atoms with Crippen LogP contribution in [0.3, 0.4) is 0 Å². The average Bonchev–Trinajstić information content (AvgIpc) is 2.20. The van der Waals surface area contributed by atoms with Crippen molar-refractivity contribution in [1.82, 2.24) is 0 Å². The second-order valence-electron chi connectivity index (χ2n) is 3.17. The van der Waals surface area contributed by atoms with Crippen molar-refractivity contribution in [3.8, 4) is 6.07 Å². The van der Waals surface area contributed by atoms with Crippen LogP contribution in [0.4, 0.5) is 0 Å². The third-order valence-electron chi connectivity index (χ3n) is 2.20. The van der Waals surface area contributed by atoms with Crippen LogP contribution in [0.15, 0.2) is 12.1 Å². The van der Waals surface area contributed by atoms with Crippen molar-refractivity contribution in [2.45, 2.75) is 19.8 Å². The maximum atomic E-state index is 10.8. The largest absolute Gasteiger partial charge is 0.478 e. The van der Waals surface area contributed by atoms with Crippen LogP contribution in [0.1, 0.15) is 27.9 Å². The molecule has 0 heterocycles. The fourth-order valence-corrected chi connectivity index (χ4v) is 1.62. The standard InChI is InChI=1S/C11H10ClNO2/c1-7-9(11(14)15)5-4-8(10(7)12)3-2-6-13/h4-5H,2-3H2,1H3,(H,14,15). The summed E-state index contributed by atoms with van der Waals surface area (Å²) in [5.74, 6) is -0.985.